The minimum Gasteiger partial charge on any atom is -0.509 e. The number of carboxylic acids is 1. The second-order valence-electron chi connectivity index (χ2n) is 2.51. The molecule has 5 heteroatoms. The topological polar surface area (TPSA) is 94.8 Å². The molecule has 0 spiro atoms. The molecule has 0 bridgehead atoms. The van der Waals surface area contributed by atoms with E-state index in [1.165, 1.54) is 0 Å². The molecule has 0 aromatic carbocycles. The summed E-state index contributed by atoms with van der Waals surface area (Å²) >= 11 is 0. The van der Waals surface area contributed by atoms with E-state index in [-0.39, 0.29) is 12.0 Å². The Morgan fingerprint density at radius 3 is 1.79 bits per heavy atom. The molecule has 3 N–H and O–H groups in total. The first kappa shape index (κ1) is 14.9. The van der Waals surface area contributed by atoms with Crippen molar-refractivity contribution in [2.75, 3.05) is 0 Å². The first-order chi connectivity index (χ1) is 6.36. The Kier molecular flexibility index (Phi) is 8.50. The van der Waals surface area contributed by atoms with Crippen LogP contribution in [0.4, 0.5) is 0 Å². The zero-order valence-electron chi connectivity index (χ0n) is 8.10. The Morgan fingerprint density at radius 1 is 1.36 bits per heavy atom. The van der Waals surface area contributed by atoms with E-state index in [2.05, 4.69) is 6.58 Å². The largest absolute Gasteiger partial charge is 0.509 e. The van der Waals surface area contributed by atoms with Crippen LogP contribution in [0.15, 0.2) is 24.0 Å². The SMILES string of the molecule is C=CC(=O)O.CC(C)=C(O)C(O)C=O. The number of aliphatic hydroxyl groups excluding tert-OH is 2. The lowest BCUT2D eigenvalue weighted by atomic mass is 10.2. The minimum atomic E-state index is -1.35. The highest BCUT2D eigenvalue weighted by Crippen LogP contribution is 2.01. The molecule has 0 aliphatic heterocycles. The second kappa shape index (κ2) is 8.00. The zero-order valence-corrected chi connectivity index (χ0v) is 8.10. The summed E-state index contributed by atoms with van der Waals surface area (Å²) in [5.41, 5.74) is 0.551. The summed E-state index contributed by atoms with van der Waals surface area (Å²) in [7, 11) is 0. The molecule has 0 amide bonds. The number of aliphatic carboxylic acids is 1. The third-order valence-corrected chi connectivity index (χ3v) is 1.10. The van der Waals surface area contributed by atoms with E-state index in [0.29, 0.717) is 5.57 Å². The predicted molar refractivity (Wildman–Crippen MR) is 50.9 cm³/mol. The molecule has 0 aliphatic rings. The molecule has 0 radical (unpaired) electrons. The van der Waals surface area contributed by atoms with Crippen molar-refractivity contribution in [3.63, 3.8) is 0 Å². The van der Waals surface area contributed by atoms with Gasteiger partial charge in [-0.1, -0.05) is 6.58 Å². The minimum absolute atomic E-state index is 0.259. The molecule has 0 rings (SSSR count). The number of rotatable bonds is 3. The first-order valence-corrected chi connectivity index (χ1v) is 3.71. The summed E-state index contributed by atoms with van der Waals surface area (Å²) in [5, 5.41) is 25.0. The lowest BCUT2D eigenvalue weighted by molar-refractivity contribution is -0.131. The highest BCUT2D eigenvalue weighted by Gasteiger charge is 2.07. The van der Waals surface area contributed by atoms with Crippen LogP contribution >= 0.6 is 0 Å². The van der Waals surface area contributed by atoms with Crippen molar-refractivity contribution in [3.05, 3.63) is 24.0 Å². The maximum atomic E-state index is 9.81. The number of carbonyl (C=O) groups is 2. The number of aliphatic hydroxyl groups is 2. The zero-order chi connectivity index (χ0) is 11.7. The number of hydrogen-bond donors (Lipinski definition) is 3. The third-order valence-electron chi connectivity index (χ3n) is 1.10. The molecular formula is C9H14O5. The molecule has 80 valence electrons. The van der Waals surface area contributed by atoms with E-state index >= 15 is 0 Å². The number of carboxylic acid groups (broad SMARTS) is 1. The summed E-state index contributed by atoms with van der Waals surface area (Å²) in [6.07, 6.45) is -0.238. The Bertz CT molecular complexity index is 238. The van der Waals surface area contributed by atoms with Crippen molar-refractivity contribution in [1.29, 1.82) is 0 Å². The van der Waals surface area contributed by atoms with Gasteiger partial charge in [0, 0.05) is 6.08 Å². The summed E-state index contributed by atoms with van der Waals surface area (Å²) in [4.78, 5) is 19.1. The maximum absolute atomic E-state index is 9.81. The van der Waals surface area contributed by atoms with Crippen LogP contribution in [0.5, 0.6) is 0 Å². The summed E-state index contributed by atoms with van der Waals surface area (Å²) in [6, 6.07) is 0. The number of allylic oxidation sites excluding steroid dienone is 1. The van der Waals surface area contributed by atoms with Gasteiger partial charge in [0.05, 0.1) is 0 Å². The average molecular weight is 202 g/mol. The van der Waals surface area contributed by atoms with Gasteiger partial charge in [0.15, 0.2) is 12.4 Å². The van der Waals surface area contributed by atoms with Crippen LogP contribution in [-0.4, -0.2) is 33.7 Å². The second-order valence-corrected chi connectivity index (χ2v) is 2.51. The highest BCUT2D eigenvalue weighted by atomic mass is 16.4. The molecule has 0 saturated carbocycles. The highest BCUT2D eigenvalue weighted by molar-refractivity contribution is 5.78. The van der Waals surface area contributed by atoms with Gasteiger partial charge in [-0.05, 0) is 19.4 Å². The standard InChI is InChI=1S/C6H10O3.C3H4O2/c1-4(2)6(9)5(8)3-7;1-2-3(4)5/h3,5,8-9H,1-2H3;2H,1H2,(H,4,5). The van der Waals surface area contributed by atoms with Crippen LogP contribution in [0.1, 0.15) is 13.8 Å². The molecule has 0 aromatic rings. The smallest absolute Gasteiger partial charge is 0.327 e. The lowest BCUT2D eigenvalue weighted by Crippen LogP contribution is -2.12. The fourth-order valence-corrected chi connectivity index (χ4v) is 0.360. The Morgan fingerprint density at radius 2 is 1.71 bits per heavy atom. The number of aldehydes is 1. The van der Waals surface area contributed by atoms with Gasteiger partial charge in [-0.15, -0.1) is 0 Å². The van der Waals surface area contributed by atoms with Crippen LogP contribution in [0.25, 0.3) is 0 Å². The van der Waals surface area contributed by atoms with E-state index in [1.54, 1.807) is 13.8 Å². The monoisotopic (exact) mass is 202 g/mol. The van der Waals surface area contributed by atoms with Crippen molar-refractivity contribution in [2.45, 2.75) is 20.0 Å². The van der Waals surface area contributed by atoms with E-state index in [9.17, 15) is 9.59 Å². The van der Waals surface area contributed by atoms with Crippen LogP contribution in [0, 0.1) is 0 Å². The Balaban J connectivity index is 0. The van der Waals surface area contributed by atoms with Gasteiger partial charge in [0.1, 0.15) is 5.76 Å². The van der Waals surface area contributed by atoms with Gasteiger partial charge in [0.25, 0.3) is 0 Å². The molecule has 1 atom stereocenters. The predicted octanol–water partition coefficient (Wildman–Crippen LogP) is 0.655. The lowest BCUT2D eigenvalue weighted by Gasteiger charge is -2.01. The van der Waals surface area contributed by atoms with Crippen molar-refractivity contribution in [3.8, 4) is 0 Å². The van der Waals surface area contributed by atoms with Crippen LogP contribution in [-0.2, 0) is 9.59 Å². The maximum Gasteiger partial charge on any atom is 0.327 e. The molecule has 0 saturated heterocycles. The molecule has 0 aliphatic carbocycles. The van der Waals surface area contributed by atoms with Gasteiger partial charge in [-0.2, -0.15) is 0 Å². The van der Waals surface area contributed by atoms with E-state index in [0.717, 1.165) is 6.08 Å². The molecule has 5 nitrogen and oxygen atoms in total. The van der Waals surface area contributed by atoms with Gasteiger partial charge in [0.2, 0.25) is 0 Å². The number of carbonyl (C=O) groups excluding carboxylic acids is 1. The Labute approximate surface area is 82.0 Å². The van der Waals surface area contributed by atoms with Gasteiger partial charge < -0.3 is 15.3 Å². The molecular weight excluding hydrogens is 188 g/mol. The van der Waals surface area contributed by atoms with Crippen LogP contribution < -0.4 is 0 Å². The Hall–Kier alpha value is -1.62. The quantitative estimate of drug-likeness (QED) is 0.355. The number of hydrogen-bond acceptors (Lipinski definition) is 4. The van der Waals surface area contributed by atoms with Gasteiger partial charge in [-0.25, -0.2) is 4.79 Å². The fourth-order valence-electron chi connectivity index (χ4n) is 0.360. The summed E-state index contributed by atoms with van der Waals surface area (Å²) in [5.74, 6) is -1.24. The van der Waals surface area contributed by atoms with E-state index in [4.69, 9.17) is 15.3 Å². The average Bonchev–Trinajstić information content (AvgIpc) is 2.16. The van der Waals surface area contributed by atoms with Crippen LogP contribution in [0.3, 0.4) is 0 Å². The van der Waals surface area contributed by atoms with Crippen molar-refractivity contribution in [1.82, 2.24) is 0 Å². The summed E-state index contributed by atoms with van der Waals surface area (Å²) in [6.45, 7) is 6.19. The van der Waals surface area contributed by atoms with Gasteiger partial charge in [-0.3, -0.25) is 4.79 Å². The van der Waals surface area contributed by atoms with Gasteiger partial charge >= 0.3 is 5.97 Å². The van der Waals surface area contributed by atoms with E-state index < -0.39 is 12.1 Å². The third kappa shape index (κ3) is 8.48. The fraction of sp³-hybridized carbons (Fsp3) is 0.333. The molecule has 0 fully saturated rings. The summed E-state index contributed by atoms with van der Waals surface area (Å²) < 4.78 is 0. The molecule has 14 heavy (non-hydrogen) atoms. The molecule has 1 unspecified atom stereocenters. The first-order valence-electron chi connectivity index (χ1n) is 3.71. The molecule has 0 heterocycles. The normalized spacial score (nSPS) is 10.2. The van der Waals surface area contributed by atoms with E-state index in [1.807, 2.05) is 0 Å². The van der Waals surface area contributed by atoms with Crippen molar-refractivity contribution < 1.29 is 24.9 Å². The van der Waals surface area contributed by atoms with Crippen molar-refractivity contribution in [2.24, 2.45) is 0 Å². The van der Waals surface area contributed by atoms with Crippen molar-refractivity contribution >= 4 is 12.3 Å². The van der Waals surface area contributed by atoms with Crippen LogP contribution in [0.2, 0.25) is 0 Å². The molecule has 0 aromatic heterocycles.